The maximum atomic E-state index is 12.6. The molecule has 0 radical (unpaired) electrons. The van der Waals surface area contributed by atoms with Gasteiger partial charge in [0.05, 0.1) is 5.02 Å². The minimum atomic E-state index is -0.575. The molecule has 8 heteroatoms. The van der Waals surface area contributed by atoms with Crippen LogP contribution in [0.1, 0.15) is 56.9 Å². The van der Waals surface area contributed by atoms with Crippen molar-refractivity contribution in [1.82, 2.24) is 15.6 Å². The molecule has 0 saturated heterocycles. The number of rotatable bonds is 5. The molecule has 0 bridgehead atoms. The number of aromatic nitrogens is 1. The molecule has 0 spiro atoms. The van der Waals surface area contributed by atoms with Crippen molar-refractivity contribution in [2.45, 2.75) is 58.1 Å². The molecule has 1 aromatic rings. The molecule has 144 valence electrons. The number of nitrogens with zero attached hydrogens (tertiary/aromatic N) is 1. The first-order chi connectivity index (χ1) is 12.2. The topological polar surface area (TPSA) is 80.3 Å². The summed E-state index contributed by atoms with van der Waals surface area (Å²) in [6.45, 7) is 5.68. The molecule has 1 unspecified atom stereocenters. The highest BCUT2D eigenvalue weighted by Crippen LogP contribution is 2.28. The summed E-state index contributed by atoms with van der Waals surface area (Å²) in [4.78, 5) is 28.5. The molecule has 1 aromatic heterocycles. The third-order valence-corrected chi connectivity index (χ3v) is 4.69. The van der Waals surface area contributed by atoms with E-state index in [4.69, 9.17) is 27.9 Å². The lowest BCUT2D eigenvalue weighted by atomic mass is 9.98. The van der Waals surface area contributed by atoms with E-state index in [2.05, 4.69) is 15.6 Å². The van der Waals surface area contributed by atoms with Crippen LogP contribution < -0.4 is 10.6 Å². The van der Waals surface area contributed by atoms with E-state index in [1.165, 1.54) is 12.1 Å². The Labute approximate surface area is 164 Å². The minimum Gasteiger partial charge on any atom is -0.444 e. The third-order valence-electron chi connectivity index (χ3n) is 4.18. The fourth-order valence-corrected chi connectivity index (χ4v) is 3.36. The smallest absolute Gasteiger partial charge is 0.407 e. The first-order valence-corrected chi connectivity index (χ1v) is 9.51. The molecule has 2 N–H and O–H groups in total. The Kier molecular flexibility index (Phi) is 7.12. The number of carbonyl (C=O) groups is 2. The zero-order chi connectivity index (χ0) is 19.3. The van der Waals surface area contributed by atoms with Crippen LogP contribution in [0.15, 0.2) is 12.1 Å². The van der Waals surface area contributed by atoms with Crippen molar-refractivity contribution in [3.8, 4) is 0 Å². The average molecular weight is 402 g/mol. The van der Waals surface area contributed by atoms with Crippen LogP contribution in [0.3, 0.4) is 0 Å². The summed E-state index contributed by atoms with van der Waals surface area (Å²) < 4.78 is 5.26. The second-order valence-electron chi connectivity index (χ2n) is 7.47. The third kappa shape index (κ3) is 6.32. The van der Waals surface area contributed by atoms with Gasteiger partial charge < -0.3 is 15.4 Å². The fourth-order valence-electron chi connectivity index (χ4n) is 3.02. The molecule has 0 aromatic carbocycles. The molecule has 1 aliphatic rings. The summed E-state index contributed by atoms with van der Waals surface area (Å²) in [6, 6.07) is 2.84. The number of nitrogens with one attached hydrogen (secondary N) is 2. The van der Waals surface area contributed by atoms with E-state index in [0.29, 0.717) is 0 Å². The molecule has 26 heavy (non-hydrogen) atoms. The summed E-state index contributed by atoms with van der Waals surface area (Å²) in [5.74, 6) is -0.118. The molecule has 0 aliphatic heterocycles. The van der Waals surface area contributed by atoms with E-state index in [-0.39, 0.29) is 34.4 Å². The van der Waals surface area contributed by atoms with Gasteiger partial charge >= 0.3 is 6.09 Å². The zero-order valence-corrected chi connectivity index (χ0v) is 16.8. The van der Waals surface area contributed by atoms with Crippen LogP contribution in [0.5, 0.6) is 0 Å². The van der Waals surface area contributed by atoms with Crippen molar-refractivity contribution in [2.75, 3.05) is 6.54 Å². The van der Waals surface area contributed by atoms with Crippen LogP contribution in [0.2, 0.25) is 10.2 Å². The summed E-state index contributed by atoms with van der Waals surface area (Å²) in [5, 5.41) is 6.12. The first kappa shape index (κ1) is 20.8. The van der Waals surface area contributed by atoms with E-state index in [0.717, 1.165) is 25.7 Å². The fraction of sp³-hybridized carbons (Fsp3) is 0.611. The van der Waals surface area contributed by atoms with Gasteiger partial charge in [0.1, 0.15) is 16.4 Å². The molecule has 2 amide bonds. The van der Waals surface area contributed by atoms with E-state index < -0.39 is 17.6 Å². The number of hydrogen-bond acceptors (Lipinski definition) is 4. The Morgan fingerprint density at radius 3 is 2.54 bits per heavy atom. The van der Waals surface area contributed by atoms with Crippen molar-refractivity contribution in [3.05, 3.63) is 28.0 Å². The highest BCUT2D eigenvalue weighted by atomic mass is 35.5. The van der Waals surface area contributed by atoms with Crippen molar-refractivity contribution in [1.29, 1.82) is 0 Å². The minimum absolute atomic E-state index is 0.0828. The second kappa shape index (κ2) is 8.91. The Hall–Kier alpha value is -1.53. The van der Waals surface area contributed by atoms with Gasteiger partial charge in [-0.2, -0.15) is 0 Å². The summed E-state index contributed by atoms with van der Waals surface area (Å²) in [7, 11) is 0. The monoisotopic (exact) mass is 401 g/mol. The van der Waals surface area contributed by atoms with Gasteiger partial charge in [0.15, 0.2) is 0 Å². The summed E-state index contributed by atoms with van der Waals surface area (Å²) >= 11 is 11.9. The number of halogens is 2. The summed E-state index contributed by atoms with van der Waals surface area (Å²) in [6.07, 6.45) is 3.71. The van der Waals surface area contributed by atoms with Crippen LogP contribution in [0, 0.1) is 5.92 Å². The SMILES string of the molecule is CC(C)(C)OC(=O)NCC(NC(=O)c1nc(Cl)ccc1Cl)C1CCCC1. The van der Waals surface area contributed by atoms with Crippen molar-refractivity contribution in [2.24, 2.45) is 5.92 Å². The lowest BCUT2D eigenvalue weighted by Crippen LogP contribution is -2.48. The molecular formula is C18H25Cl2N3O3. The van der Waals surface area contributed by atoms with Crippen LogP contribution >= 0.6 is 23.2 Å². The molecule has 1 saturated carbocycles. The highest BCUT2D eigenvalue weighted by molar-refractivity contribution is 6.34. The Morgan fingerprint density at radius 1 is 1.27 bits per heavy atom. The molecule has 1 atom stereocenters. The average Bonchev–Trinajstić information content (AvgIpc) is 3.06. The van der Waals surface area contributed by atoms with Gasteiger partial charge in [0.25, 0.3) is 5.91 Å². The largest absolute Gasteiger partial charge is 0.444 e. The number of amides is 2. The van der Waals surface area contributed by atoms with Crippen LogP contribution in [0.25, 0.3) is 0 Å². The van der Waals surface area contributed by atoms with Crippen LogP contribution in [-0.2, 0) is 4.74 Å². The molecule has 1 fully saturated rings. The normalized spacial score (nSPS) is 16.2. The van der Waals surface area contributed by atoms with Gasteiger partial charge in [-0.1, -0.05) is 36.0 Å². The Balaban J connectivity index is 2.04. The van der Waals surface area contributed by atoms with E-state index in [1.54, 1.807) is 20.8 Å². The molecule has 1 aliphatic carbocycles. The van der Waals surface area contributed by atoms with Gasteiger partial charge in [-0.3, -0.25) is 4.79 Å². The highest BCUT2D eigenvalue weighted by Gasteiger charge is 2.28. The molecule has 1 heterocycles. The van der Waals surface area contributed by atoms with Gasteiger partial charge in [-0.15, -0.1) is 0 Å². The number of carbonyl (C=O) groups excluding carboxylic acids is 2. The quantitative estimate of drug-likeness (QED) is 0.724. The maximum absolute atomic E-state index is 12.6. The van der Waals surface area contributed by atoms with E-state index in [9.17, 15) is 9.59 Å². The van der Waals surface area contributed by atoms with Crippen LogP contribution in [0.4, 0.5) is 4.79 Å². The van der Waals surface area contributed by atoms with E-state index in [1.807, 2.05) is 0 Å². The number of alkyl carbamates (subject to hydrolysis) is 1. The Bertz CT molecular complexity index is 656. The predicted molar refractivity (Wildman–Crippen MR) is 102 cm³/mol. The van der Waals surface area contributed by atoms with E-state index >= 15 is 0 Å². The lowest BCUT2D eigenvalue weighted by molar-refractivity contribution is 0.0514. The van der Waals surface area contributed by atoms with Gasteiger partial charge in [0.2, 0.25) is 0 Å². The zero-order valence-electron chi connectivity index (χ0n) is 15.3. The summed E-state index contributed by atoms with van der Waals surface area (Å²) in [5.41, 5.74) is -0.492. The Morgan fingerprint density at radius 2 is 1.92 bits per heavy atom. The number of ether oxygens (including phenoxy) is 1. The maximum Gasteiger partial charge on any atom is 0.407 e. The van der Waals surface area contributed by atoms with Crippen molar-refractivity contribution < 1.29 is 14.3 Å². The predicted octanol–water partition coefficient (Wildman–Crippen LogP) is 4.20. The number of hydrogen-bond donors (Lipinski definition) is 2. The van der Waals surface area contributed by atoms with Gasteiger partial charge in [-0.25, -0.2) is 9.78 Å². The lowest BCUT2D eigenvalue weighted by Gasteiger charge is -2.26. The van der Waals surface area contributed by atoms with Crippen molar-refractivity contribution in [3.63, 3.8) is 0 Å². The molecule has 6 nitrogen and oxygen atoms in total. The van der Waals surface area contributed by atoms with Crippen LogP contribution in [-0.4, -0.2) is 35.2 Å². The van der Waals surface area contributed by atoms with Crippen molar-refractivity contribution >= 4 is 35.2 Å². The van der Waals surface area contributed by atoms with Gasteiger partial charge in [0, 0.05) is 12.6 Å². The first-order valence-electron chi connectivity index (χ1n) is 8.75. The standard InChI is InChI=1S/C18H25Cl2N3O3/c1-18(2,3)26-17(25)21-10-13(11-6-4-5-7-11)22-16(24)15-12(19)8-9-14(20)23-15/h8-9,11,13H,4-7,10H2,1-3H3,(H,21,25)(H,22,24). The van der Waals surface area contributed by atoms with Gasteiger partial charge in [-0.05, 0) is 51.7 Å². The molecule has 2 rings (SSSR count). The molecular weight excluding hydrogens is 377 g/mol. The second-order valence-corrected chi connectivity index (χ2v) is 8.27. The number of pyridine rings is 1.